The number of hydrogen-bond donors (Lipinski definition) is 2. The van der Waals surface area contributed by atoms with Gasteiger partial charge in [0, 0.05) is 28.4 Å². The topological polar surface area (TPSA) is 156 Å². The van der Waals surface area contributed by atoms with E-state index >= 15 is 4.79 Å². The zero-order valence-corrected chi connectivity index (χ0v) is 39.6. The molecule has 0 bridgehead atoms. The van der Waals surface area contributed by atoms with E-state index in [1.54, 1.807) is 53.7 Å². The predicted molar refractivity (Wildman–Crippen MR) is 233 cm³/mol. The lowest BCUT2D eigenvalue weighted by atomic mass is 9.46. The molecule has 1 spiro atoms. The minimum atomic E-state index is -4.26. The number of phosphoric ester groups is 1. The number of fused-ring (bicyclic) bond motifs is 7. The first-order valence-corrected chi connectivity index (χ1v) is 24.3. The summed E-state index contributed by atoms with van der Waals surface area (Å²) in [4.78, 5) is 39.8. The molecular formula is C49H70NO11P. The number of carbonyl (C=O) groups excluding carboxylic acids is 3. The summed E-state index contributed by atoms with van der Waals surface area (Å²) in [6.07, 6.45) is 10.2. The number of Topliss-reactive ketones (excluding diaryl/α,β-unsaturated/α-hetero) is 1. The van der Waals surface area contributed by atoms with Gasteiger partial charge in [-0.2, -0.15) is 0 Å². The third-order valence-corrected chi connectivity index (χ3v) is 17.1. The molecule has 6 fully saturated rings. The van der Waals surface area contributed by atoms with E-state index in [2.05, 4.69) is 31.3 Å². The van der Waals surface area contributed by atoms with Gasteiger partial charge in [0.2, 0.25) is 0 Å². The fourth-order valence-corrected chi connectivity index (χ4v) is 14.8. The minimum absolute atomic E-state index is 0.0237. The van der Waals surface area contributed by atoms with Crippen molar-refractivity contribution in [1.29, 1.82) is 0 Å². The molecule has 12 nitrogen and oxygen atoms in total. The fraction of sp³-hybridized carbons (Fsp3) is 0.735. The second-order valence-corrected chi connectivity index (χ2v) is 24.8. The highest BCUT2D eigenvalue weighted by atomic mass is 31.2. The Bertz CT molecular complexity index is 2030. The standard InChI is InChI=1S/C49H70NO11P/c1-43(2,3)59-42(54)50-33-25-48(26-33)23-30(24-48)20-29-12-14-31(15-13-29)41-57-39-22-36-35-17-16-32-21-34(51)18-19-46(32,10)40(35)37(52)27-47(36,11)49(39,58-41)38(53)28-56-62(55,60-44(4,5)6)61-45(7,8)9/h12-15,18-19,21,30,33,35-37,39-41,52H,16-17,20,22-28H2,1-11H3,(H,50,54)/t30?,33?,35-,36-,37-,39+,40+,41+,46-,47-,48?,49+/m0/s1. The van der Waals surface area contributed by atoms with Gasteiger partial charge >= 0.3 is 13.9 Å². The van der Waals surface area contributed by atoms with Crippen molar-refractivity contribution in [3.63, 3.8) is 0 Å². The number of ketones is 2. The maximum Gasteiger partial charge on any atom is 0.476 e. The summed E-state index contributed by atoms with van der Waals surface area (Å²) >= 11 is 0. The molecule has 13 heteroatoms. The molecule has 2 N–H and O–H groups in total. The Morgan fingerprint density at radius 2 is 1.56 bits per heavy atom. The maximum atomic E-state index is 15.2. The second-order valence-electron chi connectivity index (χ2n) is 23.3. The van der Waals surface area contributed by atoms with Crippen LogP contribution < -0.4 is 5.32 Å². The molecule has 0 radical (unpaired) electrons. The fourth-order valence-electron chi connectivity index (χ4n) is 13.1. The summed E-state index contributed by atoms with van der Waals surface area (Å²) < 4.78 is 51.4. The number of hydrogen-bond acceptors (Lipinski definition) is 11. The summed E-state index contributed by atoms with van der Waals surface area (Å²) in [5, 5.41) is 15.3. The second kappa shape index (κ2) is 15.5. The number of phosphoric acid groups is 1. The molecule has 1 aliphatic heterocycles. The Hall–Kier alpha value is -2.70. The lowest BCUT2D eigenvalue weighted by molar-refractivity contribution is -0.201. The van der Waals surface area contributed by atoms with Crippen LogP contribution in [-0.4, -0.2) is 70.0 Å². The number of rotatable bonds is 10. The van der Waals surface area contributed by atoms with Crippen molar-refractivity contribution in [3.05, 3.63) is 59.2 Å². The monoisotopic (exact) mass is 879 g/mol. The molecule has 9 atom stereocenters. The molecule has 0 unspecified atom stereocenters. The summed E-state index contributed by atoms with van der Waals surface area (Å²) in [5.41, 5.74) is -1.83. The van der Waals surface area contributed by atoms with Crippen LogP contribution in [0.15, 0.2) is 48.1 Å². The molecule has 6 aliphatic carbocycles. The Morgan fingerprint density at radius 1 is 0.919 bits per heavy atom. The third kappa shape index (κ3) is 8.49. The highest BCUT2D eigenvalue weighted by molar-refractivity contribution is 7.48. The molecule has 1 aromatic rings. The number of carbonyl (C=O) groups is 3. The molecule has 5 saturated carbocycles. The Labute approximate surface area is 368 Å². The first-order chi connectivity index (χ1) is 28.6. The van der Waals surface area contributed by atoms with Crippen LogP contribution in [0.2, 0.25) is 0 Å². The smallest absolute Gasteiger partial charge is 0.444 e. The van der Waals surface area contributed by atoms with E-state index in [1.807, 2.05) is 39.0 Å². The van der Waals surface area contributed by atoms with E-state index in [0.29, 0.717) is 17.8 Å². The normalized spacial score (nSPS) is 38.8. The number of ether oxygens (including phenoxy) is 3. The molecular weight excluding hydrogens is 810 g/mol. The number of amides is 1. The van der Waals surface area contributed by atoms with Gasteiger partial charge in [-0.3, -0.25) is 23.2 Å². The molecule has 1 saturated heterocycles. The first-order valence-electron chi connectivity index (χ1n) is 22.9. The minimum Gasteiger partial charge on any atom is -0.444 e. The highest BCUT2D eigenvalue weighted by Crippen LogP contribution is 2.71. The molecule has 1 heterocycles. The average Bonchev–Trinajstić information content (AvgIpc) is 3.59. The molecule has 1 amide bonds. The summed E-state index contributed by atoms with van der Waals surface area (Å²) in [5.74, 6) is -0.0463. The quantitative estimate of drug-likeness (QED) is 0.216. The number of benzene rings is 1. The van der Waals surface area contributed by atoms with Crippen molar-refractivity contribution in [2.75, 3.05) is 6.61 Å². The van der Waals surface area contributed by atoms with Crippen LogP contribution >= 0.6 is 7.82 Å². The zero-order chi connectivity index (χ0) is 45.1. The van der Waals surface area contributed by atoms with E-state index in [-0.39, 0.29) is 42.1 Å². The number of nitrogens with one attached hydrogen (secondary N) is 1. The van der Waals surface area contributed by atoms with Gasteiger partial charge < -0.3 is 24.6 Å². The Balaban J connectivity index is 1.000. The van der Waals surface area contributed by atoms with Crippen molar-refractivity contribution in [1.82, 2.24) is 5.32 Å². The van der Waals surface area contributed by atoms with E-state index in [4.69, 9.17) is 27.8 Å². The van der Waals surface area contributed by atoms with Crippen LogP contribution in [0.3, 0.4) is 0 Å². The van der Waals surface area contributed by atoms with Crippen molar-refractivity contribution >= 4 is 25.5 Å². The highest BCUT2D eigenvalue weighted by Gasteiger charge is 2.76. The van der Waals surface area contributed by atoms with E-state index in [1.165, 1.54) is 5.56 Å². The summed E-state index contributed by atoms with van der Waals surface area (Å²) in [7, 11) is -4.26. The van der Waals surface area contributed by atoms with Gasteiger partial charge in [0.1, 0.15) is 12.2 Å². The molecule has 1 aromatic carbocycles. The number of alkyl carbamates (subject to hydrolysis) is 1. The summed E-state index contributed by atoms with van der Waals surface area (Å²) in [6, 6.07) is 8.45. The SMILES string of the molecule is CC(C)(C)OC(=O)NC1CC2(CC(Cc3ccc([C@@H]4O[C@@H]5C[C@H]6[C@@H]7CCC8=CC(=O)C=C[C@]8(C)[C@H]7[C@@H](O)C[C@]6(C)[C@]5(C(=O)COP(=O)(OC(C)(C)C)OC(C)(C)C)O4)cc3)C2)C1. The Kier molecular flexibility index (Phi) is 11.4. The Morgan fingerprint density at radius 3 is 2.18 bits per heavy atom. The summed E-state index contributed by atoms with van der Waals surface area (Å²) in [6.45, 7) is 19.7. The zero-order valence-electron chi connectivity index (χ0n) is 38.7. The van der Waals surface area contributed by atoms with Crippen LogP contribution in [0.1, 0.15) is 145 Å². The first kappa shape index (κ1) is 45.9. The van der Waals surface area contributed by atoms with Crippen LogP contribution in [0.4, 0.5) is 4.79 Å². The lowest BCUT2D eigenvalue weighted by Gasteiger charge is -2.59. The van der Waals surface area contributed by atoms with Gasteiger partial charge in [-0.1, -0.05) is 49.8 Å². The van der Waals surface area contributed by atoms with E-state index in [0.717, 1.165) is 56.1 Å². The third-order valence-electron chi connectivity index (χ3n) is 15.1. The van der Waals surface area contributed by atoms with Crippen molar-refractivity contribution in [2.45, 2.75) is 181 Å². The van der Waals surface area contributed by atoms with Gasteiger partial charge in [-0.05, 0) is 161 Å². The molecule has 8 rings (SSSR count). The van der Waals surface area contributed by atoms with Gasteiger partial charge in [-0.25, -0.2) is 9.36 Å². The van der Waals surface area contributed by atoms with Crippen LogP contribution in [-0.2, 0) is 48.4 Å². The lowest BCUT2D eigenvalue weighted by Crippen LogP contribution is -2.63. The average molecular weight is 880 g/mol. The van der Waals surface area contributed by atoms with Crippen molar-refractivity contribution in [3.8, 4) is 0 Å². The molecule has 7 aliphatic rings. The van der Waals surface area contributed by atoms with Crippen LogP contribution in [0.25, 0.3) is 0 Å². The molecule has 342 valence electrons. The van der Waals surface area contributed by atoms with Crippen molar-refractivity contribution in [2.24, 2.45) is 39.9 Å². The predicted octanol–water partition coefficient (Wildman–Crippen LogP) is 9.68. The number of allylic oxidation sites excluding steroid dienone is 4. The van der Waals surface area contributed by atoms with Crippen molar-refractivity contribution < 1.29 is 51.8 Å². The van der Waals surface area contributed by atoms with Crippen LogP contribution in [0, 0.1) is 39.9 Å². The number of aliphatic hydroxyl groups is 1. The van der Waals surface area contributed by atoms with Crippen LogP contribution in [0.5, 0.6) is 0 Å². The maximum absolute atomic E-state index is 15.2. The molecule has 62 heavy (non-hydrogen) atoms. The van der Waals surface area contributed by atoms with Gasteiger partial charge in [0.25, 0.3) is 0 Å². The largest absolute Gasteiger partial charge is 0.476 e. The number of aliphatic hydroxyl groups excluding tert-OH is 1. The van der Waals surface area contributed by atoms with Gasteiger partial charge in [-0.15, -0.1) is 0 Å². The van der Waals surface area contributed by atoms with Gasteiger partial charge in [0.15, 0.2) is 23.5 Å². The molecule has 0 aromatic heterocycles. The van der Waals surface area contributed by atoms with E-state index < -0.39 is 71.9 Å². The van der Waals surface area contributed by atoms with E-state index in [9.17, 15) is 19.3 Å². The van der Waals surface area contributed by atoms with Gasteiger partial charge in [0.05, 0.1) is 23.4 Å².